The Labute approximate surface area is 310 Å². The quantitative estimate of drug-likeness (QED) is 0.182. The molecule has 0 heterocycles. The molecule has 0 fully saturated rings. The first-order valence-electron chi connectivity index (χ1n) is 15.3. The Morgan fingerprint density at radius 1 is 0.235 bits per heavy atom. The van der Waals surface area contributed by atoms with Crippen molar-refractivity contribution in [2.24, 2.45) is 0 Å². The standard InChI is InChI=1S/6C4H12N.3C3H4O4/c6*1-5(2,3)4;3*4-2(5)1-3(6)7/h6*1-4H3;3*1H2,(H,4,5)(H,6,7)/q6*+1;;;/p-6. The maximum absolute atomic E-state index is 9.28. The van der Waals surface area contributed by atoms with E-state index < -0.39 is 55.1 Å². The van der Waals surface area contributed by atoms with E-state index in [-0.39, 0.29) is 0 Å². The third-order valence-corrected chi connectivity index (χ3v) is 0.866. The average Bonchev–Trinajstić information content (AvgIpc) is 2.56. The molecule has 0 aliphatic heterocycles. The van der Waals surface area contributed by atoms with Crippen LogP contribution in [0.3, 0.4) is 0 Å². The van der Waals surface area contributed by atoms with Gasteiger partial charge in [0.2, 0.25) is 0 Å². The third kappa shape index (κ3) is 1260. The Bertz CT molecular complexity index is 691. The molecule has 0 amide bonds. The number of carboxylic acids is 6. The molecule has 0 aliphatic carbocycles. The summed E-state index contributed by atoms with van der Waals surface area (Å²) in [5.41, 5.74) is 0. The van der Waals surface area contributed by atoms with E-state index in [0.29, 0.717) is 0 Å². The summed E-state index contributed by atoms with van der Waals surface area (Å²) in [7, 11) is 51.0. The van der Waals surface area contributed by atoms with E-state index >= 15 is 0 Å². The van der Waals surface area contributed by atoms with Gasteiger partial charge in [-0.05, 0) is 0 Å². The predicted molar refractivity (Wildman–Crippen MR) is 188 cm³/mol. The number of carbonyl (C=O) groups is 6. The van der Waals surface area contributed by atoms with Crippen molar-refractivity contribution in [3.8, 4) is 0 Å². The van der Waals surface area contributed by atoms with Crippen LogP contribution in [0.1, 0.15) is 19.3 Å². The number of quaternary nitrogens is 6. The molecule has 0 bridgehead atoms. The topological polar surface area (TPSA) is 241 Å². The average molecular weight is 751 g/mol. The van der Waals surface area contributed by atoms with E-state index in [4.69, 9.17) is 0 Å². The SMILES string of the molecule is C[N+](C)(C)C.C[N+](C)(C)C.C[N+](C)(C)C.C[N+](C)(C)C.C[N+](C)(C)C.C[N+](C)(C)C.O=C([O-])CC(=O)[O-].O=C([O-])CC(=O)[O-].O=C([O-])CC(=O)[O-]. The van der Waals surface area contributed by atoms with Crippen molar-refractivity contribution in [1.29, 1.82) is 0 Å². The van der Waals surface area contributed by atoms with Gasteiger partial charge < -0.3 is 86.3 Å². The minimum Gasteiger partial charge on any atom is -0.550 e. The molecule has 0 aliphatic rings. The minimum atomic E-state index is -1.63. The number of hydrogen-bond donors (Lipinski definition) is 0. The van der Waals surface area contributed by atoms with E-state index in [1.54, 1.807) is 0 Å². The van der Waals surface area contributed by atoms with Gasteiger partial charge in [-0.25, -0.2) is 0 Å². The molecular formula is C33H78N6O12. The van der Waals surface area contributed by atoms with Gasteiger partial charge in [0.25, 0.3) is 0 Å². The highest BCUT2D eigenvalue weighted by Crippen LogP contribution is 1.76. The number of aliphatic carboxylic acids is 6. The first kappa shape index (κ1) is 69.4. The van der Waals surface area contributed by atoms with Crippen LogP contribution in [-0.2, 0) is 28.8 Å². The van der Waals surface area contributed by atoms with Gasteiger partial charge >= 0.3 is 0 Å². The summed E-state index contributed by atoms with van der Waals surface area (Å²) >= 11 is 0. The van der Waals surface area contributed by atoms with Crippen molar-refractivity contribution in [3.63, 3.8) is 0 Å². The first-order valence-corrected chi connectivity index (χ1v) is 15.3. The highest BCUT2D eigenvalue weighted by molar-refractivity contribution is 5.87. The maximum Gasteiger partial charge on any atom is 0.0675 e. The predicted octanol–water partition coefficient (Wildman–Crippen LogP) is -7.44. The van der Waals surface area contributed by atoms with Crippen LogP contribution in [0.25, 0.3) is 0 Å². The third-order valence-electron chi connectivity index (χ3n) is 0.866. The van der Waals surface area contributed by atoms with Crippen molar-refractivity contribution in [2.45, 2.75) is 19.3 Å². The van der Waals surface area contributed by atoms with Crippen LogP contribution < -0.4 is 30.6 Å². The first-order chi connectivity index (χ1) is 21.4. The molecule has 0 rings (SSSR count). The van der Waals surface area contributed by atoms with Crippen molar-refractivity contribution < 1.29 is 86.3 Å². The fourth-order valence-corrected chi connectivity index (χ4v) is 0.354. The van der Waals surface area contributed by atoms with Crippen molar-refractivity contribution in [3.05, 3.63) is 0 Å². The van der Waals surface area contributed by atoms with Gasteiger partial charge in [-0.1, -0.05) is 0 Å². The van der Waals surface area contributed by atoms with Crippen LogP contribution in [0, 0.1) is 0 Å². The van der Waals surface area contributed by atoms with Gasteiger partial charge in [-0.3, -0.25) is 0 Å². The van der Waals surface area contributed by atoms with Crippen LogP contribution in [-0.4, -0.2) is 232 Å². The highest BCUT2D eigenvalue weighted by atomic mass is 16.4. The number of nitrogens with zero attached hydrogens (tertiary/aromatic N) is 6. The summed E-state index contributed by atoms with van der Waals surface area (Å²) < 4.78 is 6.00. The number of carbonyl (C=O) groups excluding carboxylic acids is 6. The molecule has 0 N–H and O–H groups in total. The van der Waals surface area contributed by atoms with Crippen molar-refractivity contribution >= 4 is 35.8 Å². The smallest absolute Gasteiger partial charge is 0.0675 e. The molecule has 0 saturated carbocycles. The summed E-state index contributed by atoms with van der Waals surface area (Å²) in [5, 5.41) is 55.7. The van der Waals surface area contributed by atoms with Gasteiger partial charge in [0.05, 0.1) is 169 Å². The molecule has 0 aromatic carbocycles. The normalized spacial score (nSPS) is 10.4. The minimum absolute atomic E-state index is 1.00. The zero-order chi connectivity index (χ0) is 44.6. The molecule has 0 atom stereocenters. The fourth-order valence-electron chi connectivity index (χ4n) is 0.354. The largest absolute Gasteiger partial charge is 0.550 e. The maximum atomic E-state index is 9.28. The zero-order valence-electron chi connectivity index (χ0n) is 36.7. The van der Waals surface area contributed by atoms with Crippen LogP contribution in [0.15, 0.2) is 0 Å². The molecule has 0 unspecified atom stereocenters. The van der Waals surface area contributed by atoms with Gasteiger partial charge in [0.1, 0.15) is 0 Å². The molecule has 18 nitrogen and oxygen atoms in total. The van der Waals surface area contributed by atoms with E-state index in [1.807, 2.05) is 0 Å². The molecule has 18 heteroatoms. The van der Waals surface area contributed by atoms with Gasteiger partial charge in [0, 0.05) is 55.1 Å². The lowest BCUT2D eigenvalue weighted by Gasteiger charge is -2.14. The Kier molecular flexibility index (Phi) is 45.8. The lowest BCUT2D eigenvalue weighted by atomic mass is 10.5. The Morgan fingerprint density at radius 3 is 0.275 bits per heavy atom. The molecule has 0 aromatic heterocycles. The summed E-state index contributed by atoms with van der Waals surface area (Å²) in [6, 6.07) is 0. The lowest BCUT2D eigenvalue weighted by molar-refractivity contribution is -0.849. The van der Waals surface area contributed by atoms with Crippen molar-refractivity contribution in [2.75, 3.05) is 169 Å². The van der Waals surface area contributed by atoms with E-state index in [0.717, 1.165) is 26.9 Å². The second-order valence-electron chi connectivity index (χ2n) is 18.9. The van der Waals surface area contributed by atoms with E-state index in [1.165, 1.54) is 0 Å². The number of hydrogen-bond acceptors (Lipinski definition) is 12. The second-order valence-corrected chi connectivity index (χ2v) is 18.9. The van der Waals surface area contributed by atoms with Gasteiger partial charge in [-0.2, -0.15) is 0 Å². The zero-order valence-corrected chi connectivity index (χ0v) is 36.7. The van der Waals surface area contributed by atoms with Crippen molar-refractivity contribution in [1.82, 2.24) is 0 Å². The molecule has 51 heavy (non-hydrogen) atoms. The summed E-state index contributed by atoms with van der Waals surface area (Å²) in [4.78, 5) is 55.7. The lowest BCUT2D eigenvalue weighted by Crippen LogP contribution is -2.32. The number of rotatable bonds is 6. The Balaban J connectivity index is -0.0000000558. The van der Waals surface area contributed by atoms with Crippen LogP contribution in [0.2, 0.25) is 0 Å². The van der Waals surface area contributed by atoms with Gasteiger partial charge in [0.15, 0.2) is 0 Å². The van der Waals surface area contributed by atoms with Crippen LogP contribution in [0.4, 0.5) is 0 Å². The number of carboxylic acid groups (broad SMARTS) is 6. The molecule has 0 spiro atoms. The monoisotopic (exact) mass is 751 g/mol. The summed E-state index contributed by atoms with van der Waals surface area (Å²) in [6.07, 6.45) is -3.08. The Morgan fingerprint density at radius 2 is 0.275 bits per heavy atom. The summed E-state index contributed by atoms with van der Waals surface area (Å²) in [6.45, 7) is 0. The molecule has 312 valence electrons. The molecule has 0 aromatic rings. The van der Waals surface area contributed by atoms with Gasteiger partial charge in [-0.15, -0.1) is 0 Å². The highest BCUT2D eigenvalue weighted by Gasteiger charge is 1.91. The van der Waals surface area contributed by atoms with E-state index in [2.05, 4.69) is 169 Å². The van der Waals surface area contributed by atoms with Crippen LogP contribution >= 0.6 is 0 Å². The fraction of sp³-hybridized carbons (Fsp3) is 0.818. The second kappa shape index (κ2) is 33.7. The van der Waals surface area contributed by atoms with Crippen LogP contribution in [0.5, 0.6) is 0 Å². The molecule has 0 radical (unpaired) electrons. The summed E-state index contributed by atoms with van der Waals surface area (Å²) in [5.74, 6) is -9.75. The molecule has 0 saturated heterocycles. The Hall–Kier alpha value is -3.42. The van der Waals surface area contributed by atoms with E-state index in [9.17, 15) is 59.4 Å². The molecular weight excluding hydrogens is 672 g/mol.